The number of aliphatic hydroxyl groups is 16. The molecule has 0 heterocycles. The van der Waals surface area contributed by atoms with Crippen molar-refractivity contribution in [1.29, 1.82) is 0 Å². The van der Waals surface area contributed by atoms with E-state index in [1.165, 1.54) is 94.1 Å². The van der Waals surface area contributed by atoms with Gasteiger partial charge in [0.25, 0.3) is 0 Å². The maximum absolute atomic E-state index is 13.3. The Balaban J connectivity index is 0. The number of nitrogen functional groups attached to an aromatic ring is 1. The minimum atomic E-state index is -4.85. The Labute approximate surface area is 654 Å². The van der Waals surface area contributed by atoms with Gasteiger partial charge in [0.1, 0.15) is 0 Å². The van der Waals surface area contributed by atoms with Crippen LogP contribution in [0.25, 0.3) is 0 Å². The first kappa shape index (κ1) is 105. The molecule has 0 unspecified atom stereocenters. The van der Waals surface area contributed by atoms with Crippen molar-refractivity contribution in [2.24, 2.45) is 0 Å². The second-order valence-electron chi connectivity index (χ2n) is 20.7. The molecule has 0 aliphatic rings. The Morgan fingerprint density at radius 1 is 0.364 bits per heavy atom. The summed E-state index contributed by atoms with van der Waals surface area (Å²) in [5.41, 5.74) is 7.34. The first-order valence-electron chi connectivity index (χ1n) is 30.9. The Morgan fingerprint density at radius 3 is 0.838 bits per heavy atom. The average molecular weight is 1760 g/mol. The van der Waals surface area contributed by atoms with Gasteiger partial charge in [0.2, 0.25) is 0 Å². The largest absolute Gasteiger partial charge is 0.399 e. The molecule has 0 fully saturated rings. The Kier molecular flexibility index (Phi) is 68.8. The van der Waals surface area contributed by atoms with Crippen LogP contribution in [0, 0.1) is 0 Å². The molecule has 0 spiro atoms. The van der Waals surface area contributed by atoms with Gasteiger partial charge in [-0.3, -0.25) is 13.7 Å². The molecule has 592 valence electrons. The fourth-order valence-corrected chi connectivity index (χ4v) is 27.7. The fourth-order valence-electron chi connectivity index (χ4n) is 8.47. The van der Waals surface area contributed by atoms with Gasteiger partial charge in [-0.15, -0.1) is 11.8 Å². The summed E-state index contributed by atoms with van der Waals surface area (Å²) >= 11 is 24.4. The molecule has 0 bridgehead atoms. The maximum Gasteiger partial charge on any atom is 0.397 e. The predicted molar refractivity (Wildman–Crippen MR) is 440 cm³/mol. The molecule has 22 N–H and O–H groups in total. The van der Waals surface area contributed by atoms with Crippen LogP contribution in [0.4, 0.5) is 11.4 Å². The second kappa shape index (κ2) is 65.1. The van der Waals surface area contributed by atoms with Gasteiger partial charge in [0.15, 0.2) is 49.8 Å². The second-order valence-corrected chi connectivity index (χ2v) is 42.6. The summed E-state index contributed by atoms with van der Waals surface area (Å²) in [6.07, 6.45) is -7.61. The Morgan fingerprint density at radius 2 is 0.596 bits per heavy atom. The van der Waals surface area contributed by atoms with Gasteiger partial charge in [0, 0.05) is 161 Å². The monoisotopic (exact) mass is 1760 g/mol. The maximum atomic E-state index is 13.3. The lowest BCUT2D eigenvalue weighted by molar-refractivity contribution is -0.188. The summed E-state index contributed by atoms with van der Waals surface area (Å²) in [6.45, 7) is -0.371. The first-order chi connectivity index (χ1) is 46.7. The number of aliphatic hydroxyl groups excluding tert-OH is 7. The highest BCUT2D eigenvalue weighted by atomic mass is 32.3. The molecule has 0 atom stereocenters. The summed E-state index contributed by atoms with van der Waals surface area (Å²) in [7, 11) is -7.64. The molecule has 0 amide bonds. The van der Waals surface area contributed by atoms with Crippen LogP contribution in [0.3, 0.4) is 0 Å². The summed E-state index contributed by atoms with van der Waals surface area (Å²) in [6, 6.07) is 7.61. The van der Waals surface area contributed by atoms with E-state index in [-0.39, 0.29) is 59.1 Å². The lowest BCUT2D eigenvalue weighted by atomic mass is 9.81. The highest BCUT2D eigenvalue weighted by Crippen LogP contribution is 2.62. The first-order valence-corrected chi connectivity index (χ1v) is 51.6. The normalized spacial score (nSPS) is 12.8. The molecule has 0 aliphatic carbocycles. The third-order valence-electron chi connectivity index (χ3n) is 12.8. The van der Waals surface area contributed by atoms with Gasteiger partial charge < -0.3 is 92.8 Å². The van der Waals surface area contributed by atoms with Crippen molar-refractivity contribution in [2.45, 2.75) is 109 Å². The molecule has 1 aromatic rings. The number of thioether (sulfide) groups is 16. The smallest absolute Gasteiger partial charge is 0.397 e. The predicted octanol–water partition coefficient (Wildman–Crippen LogP) is 4.00. The van der Waals surface area contributed by atoms with Gasteiger partial charge >= 0.3 is 20.8 Å². The van der Waals surface area contributed by atoms with E-state index in [0.29, 0.717) is 159 Å². The van der Waals surface area contributed by atoms with Crippen LogP contribution in [0.1, 0.15) is 44.9 Å². The number of hydrogen-bond acceptors (Lipinski definition) is 39. The molecule has 1 aromatic carbocycles. The minimum Gasteiger partial charge on any atom is -0.399 e. The van der Waals surface area contributed by atoms with Gasteiger partial charge in [-0.1, -0.05) is 0 Å². The summed E-state index contributed by atoms with van der Waals surface area (Å²) in [5, 5.41) is 164. The van der Waals surface area contributed by atoms with Crippen molar-refractivity contribution in [3.63, 3.8) is 0 Å². The lowest BCUT2D eigenvalue weighted by Crippen LogP contribution is -2.60. The SMILES string of the molecule is CNc1ccc(N)cc1.O=S(=O)(O)O.O=S(=O)(O)OCCSC(CCSCCSCC(O)O)(CCSCCSCC(O)O)C(CCSCCSCC(O)O)(CCSCCSCC(O)O)SC(CCSCCSCC(O)O)(CCSCCSCC(O)O)C(O)(O)CCSCCSCC(O)O. The van der Waals surface area contributed by atoms with E-state index in [1.54, 1.807) is 94.1 Å². The summed E-state index contributed by atoms with van der Waals surface area (Å²) in [4.78, 5) is 0. The van der Waals surface area contributed by atoms with Gasteiger partial charge in [-0.25, -0.2) is 4.18 Å². The minimum absolute atomic E-state index is 0.0440. The van der Waals surface area contributed by atoms with Crippen LogP contribution in [0.15, 0.2) is 24.3 Å². The standard InChI is InChI=1S/C48H98O20S17.C7H10N2.H2O4S/c49-38(50)31-76-24-17-69-9-1-45(83-16-8-68-85(65,66)67,2-10-70-18-25-77-32-39(51)52)46(3-11-71-19-26-78-33-40(53)54,4-12-72-20-27-79-34-41(55)56)84-47(5-13-73-21-28-80-35-42(57)58,6-14-74-22-29-81-36-43(59)60)48(63,64)7-15-75-23-30-82-37-44(61)62;1-9-7-4-2-6(8)3-5-7;1-5(2,3)4/h38-44,49-64H,1-37H2,(H,65,66,67);2-5,9H,8H2,1H3;(H2,1,2,3,4). The number of hydrogen-bond donors (Lipinski definition) is 21. The Hall–Kier alpha value is 3.52. The quantitative estimate of drug-likeness (QED) is 0.0190. The number of nitrogens with one attached hydrogen (secondary N) is 1. The zero-order valence-corrected chi connectivity index (χ0v) is 70.2. The van der Waals surface area contributed by atoms with Crippen molar-refractivity contribution < 1.29 is 116 Å². The van der Waals surface area contributed by atoms with Crippen molar-refractivity contribution in [2.75, 3.05) is 192 Å². The molecule has 26 nitrogen and oxygen atoms in total. The molecule has 0 aliphatic heterocycles. The van der Waals surface area contributed by atoms with E-state index in [4.69, 9.17) is 27.4 Å². The molecule has 0 saturated heterocycles. The summed E-state index contributed by atoms with van der Waals surface area (Å²) in [5.74, 6) is 11.1. The topological polar surface area (TPSA) is 500 Å². The Bertz CT molecular complexity index is 2170. The molecule has 99 heavy (non-hydrogen) atoms. The average Bonchev–Trinajstić information content (AvgIpc) is 0.738. The zero-order chi connectivity index (χ0) is 74.9. The molecular formula is C55H110N2O24S18. The molecular weight excluding hydrogens is 1650 g/mol. The molecule has 0 radical (unpaired) electrons. The van der Waals surface area contributed by atoms with E-state index in [1.807, 2.05) is 31.3 Å². The summed E-state index contributed by atoms with van der Waals surface area (Å²) < 4.78 is 67.8. The van der Waals surface area contributed by atoms with Crippen LogP contribution in [0.2, 0.25) is 0 Å². The highest BCUT2D eigenvalue weighted by molar-refractivity contribution is 8.07. The molecule has 1 rings (SSSR count). The number of nitrogens with two attached hydrogens (primary N) is 1. The van der Waals surface area contributed by atoms with Crippen LogP contribution >= 0.6 is 188 Å². The van der Waals surface area contributed by atoms with Crippen molar-refractivity contribution in [1.82, 2.24) is 0 Å². The van der Waals surface area contributed by atoms with Crippen LogP contribution in [-0.2, 0) is 25.0 Å². The van der Waals surface area contributed by atoms with Crippen LogP contribution < -0.4 is 11.1 Å². The third-order valence-corrected chi connectivity index (χ3v) is 33.3. The molecule has 44 heteroatoms. The van der Waals surface area contributed by atoms with E-state index in [0.717, 1.165) is 11.4 Å². The third kappa shape index (κ3) is 63.8. The van der Waals surface area contributed by atoms with Crippen molar-refractivity contribution in [3.8, 4) is 0 Å². The van der Waals surface area contributed by atoms with Crippen molar-refractivity contribution in [3.05, 3.63) is 24.3 Å². The molecule has 0 aromatic heterocycles. The van der Waals surface area contributed by atoms with E-state index < -0.39 is 84.9 Å². The van der Waals surface area contributed by atoms with Crippen LogP contribution in [0.5, 0.6) is 0 Å². The van der Waals surface area contributed by atoms with E-state index in [2.05, 4.69) is 5.32 Å². The van der Waals surface area contributed by atoms with Gasteiger partial charge in [-0.2, -0.15) is 193 Å². The van der Waals surface area contributed by atoms with Gasteiger partial charge in [0.05, 0.1) is 11.4 Å². The lowest BCUT2D eigenvalue weighted by Gasteiger charge is -2.57. The van der Waals surface area contributed by atoms with Crippen LogP contribution in [-0.4, -0.2) is 357 Å². The zero-order valence-electron chi connectivity index (χ0n) is 55.5. The molecule has 0 saturated carbocycles. The van der Waals surface area contributed by atoms with Crippen molar-refractivity contribution >= 4 is 220 Å². The number of anilines is 2. The number of rotatable bonds is 66. The van der Waals surface area contributed by atoms with E-state index >= 15 is 0 Å². The fraction of sp³-hybridized carbons (Fsp3) is 0.891. The number of benzene rings is 1. The highest BCUT2D eigenvalue weighted by Gasteiger charge is 2.59. The van der Waals surface area contributed by atoms with E-state index in [9.17, 15) is 94.7 Å². The van der Waals surface area contributed by atoms with Gasteiger partial charge in [-0.05, 0) is 103 Å².